The fraction of sp³-hybridized carbons (Fsp3) is 0.286. The van der Waals surface area contributed by atoms with Gasteiger partial charge in [-0.3, -0.25) is 14.4 Å². The van der Waals surface area contributed by atoms with Gasteiger partial charge in [0.05, 0.1) is 19.7 Å². The Morgan fingerprint density at radius 2 is 1.78 bits per heavy atom. The molecule has 0 aliphatic carbocycles. The molecule has 0 fully saturated rings. The van der Waals surface area contributed by atoms with E-state index in [-0.39, 0.29) is 23.5 Å². The average Bonchev–Trinajstić information content (AvgIpc) is 2.92. The van der Waals surface area contributed by atoms with Crippen molar-refractivity contribution in [1.82, 2.24) is 9.88 Å². The lowest BCUT2D eigenvalue weighted by Gasteiger charge is -2.20. The molecule has 0 spiro atoms. The van der Waals surface area contributed by atoms with Crippen LogP contribution in [0.3, 0.4) is 0 Å². The molecule has 0 aliphatic heterocycles. The summed E-state index contributed by atoms with van der Waals surface area (Å²) in [6.07, 6.45) is 0. The quantitative estimate of drug-likeness (QED) is 0.647. The zero-order valence-corrected chi connectivity index (χ0v) is 13.3. The molecule has 1 amide bonds. The molecule has 0 atom stereocenters. The number of amides is 1. The van der Waals surface area contributed by atoms with Crippen LogP contribution >= 0.6 is 12.2 Å². The third kappa shape index (κ3) is 3.95. The summed E-state index contributed by atoms with van der Waals surface area (Å²) in [5, 5.41) is 0. The minimum atomic E-state index is -0.650. The van der Waals surface area contributed by atoms with Crippen LogP contribution in [0.4, 0.5) is 0 Å². The van der Waals surface area contributed by atoms with Gasteiger partial charge in [-0.25, -0.2) is 0 Å². The molecule has 0 bridgehead atoms. The van der Waals surface area contributed by atoms with Crippen molar-refractivity contribution in [3.63, 3.8) is 0 Å². The van der Waals surface area contributed by atoms with Crippen LogP contribution in [0.25, 0.3) is 11.1 Å². The summed E-state index contributed by atoms with van der Waals surface area (Å²) in [7, 11) is 2.39. The van der Waals surface area contributed by atoms with Crippen molar-refractivity contribution in [2.45, 2.75) is 0 Å². The Kier molecular flexibility index (Phi) is 5.12. The lowest BCUT2D eigenvalue weighted by atomic mass is 10.2. The number of esters is 2. The Morgan fingerprint density at radius 3 is 2.35 bits per heavy atom. The molecular formula is C14H14N2O6S. The Balaban J connectivity index is 2.30. The van der Waals surface area contributed by atoms with Gasteiger partial charge < -0.3 is 23.8 Å². The predicted octanol–water partition coefficient (Wildman–Crippen LogP) is 1.28. The van der Waals surface area contributed by atoms with E-state index < -0.39 is 17.8 Å². The summed E-state index contributed by atoms with van der Waals surface area (Å²) >= 11 is 4.88. The number of aromatic amines is 1. The highest BCUT2D eigenvalue weighted by atomic mass is 32.1. The molecule has 0 unspecified atom stereocenters. The number of H-pyrrole nitrogens is 1. The maximum Gasteiger partial charge on any atom is 0.325 e. The predicted molar refractivity (Wildman–Crippen MR) is 81.3 cm³/mol. The number of carbonyl (C=O) groups excluding carboxylic acids is 3. The fourth-order valence-electron chi connectivity index (χ4n) is 1.90. The summed E-state index contributed by atoms with van der Waals surface area (Å²) in [6.45, 7) is -0.752. The van der Waals surface area contributed by atoms with Gasteiger partial charge in [0.2, 0.25) is 0 Å². The van der Waals surface area contributed by atoms with Gasteiger partial charge in [0.15, 0.2) is 5.58 Å². The smallest absolute Gasteiger partial charge is 0.325 e. The van der Waals surface area contributed by atoms with E-state index in [1.165, 1.54) is 26.4 Å². The SMILES string of the molecule is COC(=O)CN(CC(=O)OC)C(=O)c1ccc2[nH]c(=S)oc2c1. The third-order valence-electron chi connectivity index (χ3n) is 3.05. The number of fused-ring (bicyclic) bond motifs is 1. The van der Waals surface area contributed by atoms with Crippen LogP contribution < -0.4 is 0 Å². The van der Waals surface area contributed by atoms with Crippen molar-refractivity contribution in [1.29, 1.82) is 0 Å². The number of rotatable bonds is 5. The first-order valence-electron chi connectivity index (χ1n) is 6.50. The topological polar surface area (TPSA) is 102 Å². The molecule has 1 heterocycles. The van der Waals surface area contributed by atoms with Crippen LogP contribution in [-0.4, -0.2) is 55.0 Å². The van der Waals surface area contributed by atoms with Crippen LogP contribution in [0, 0.1) is 4.84 Å². The first kappa shape index (κ1) is 16.7. The van der Waals surface area contributed by atoms with Gasteiger partial charge in [-0.1, -0.05) is 0 Å². The maximum atomic E-state index is 12.5. The van der Waals surface area contributed by atoms with Gasteiger partial charge in [-0.05, 0) is 30.4 Å². The molecule has 2 rings (SSSR count). The third-order valence-corrected chi connectivity index (χ3v) is 3.24. The van der Waals surface area contributed by atoms with E-state index in [0.29, 0.717) is 11.1 Å². The van der Waals surface area contributed by atoms with E-state index in [4.69, 9.17) is 16.6 Å². The van der Waals surface area contributed by atoms with E-state index in [9.17, 15) is 14.4 Å². The Bertz CT molecular complexity index is 791. The second-order valence-electron chi connectivity index (χ2n) is 4.54. The summed E-state index contributed by atoms with van der Waals surface area (Å²) in [4.78, 5) is 39.4. The standard InChI is InChI=1S/C14H14N2O6S/c1-20-11(17)6-16(7-12(18)21-2)13(19)8-3-4-9-10(5-8)22-14(23)15-9/h3-5H,6-7H2,1-2H3,(H,15,23). The van der Waals surface area contributed by atoms with Crippen LogP contribution in [0.5, 0.6) is 0 Å². The number of nitrogens with one attached hydrogen (secondary N) is 1. The molecule has 0 aliphatic rings. The molecule has 9 heteroatoms. The largest absolute Gasteiger partial charge is 0.468 e. The van der Waals surface area contributed by atoms with Gasteiger partial charge >= 0.3 is 11.9 Å². The van der Waals surface area contributed by atoms with Crippen molar-refractivity contribution >= 4 is 41.2 Å². The highest BCUT2D eigenvalue weighted by molar-refractivity contribution is 7.71. The number of hydrogen-bond acceptors (Lipinski definition) is 7. The highest BCUT2D eigenvalue weighted by Crippen LogP contribution is 2.17. The van der Waals surface area contributed by atoms with E-state index >= 15 is 0 Å². The van der Waals surface area contributed by atoms with Crippen LogP contribution in [0.15, 0.2) is 22.6 Å². The molecular weight excluding hydrogens is 324 g/mol. The molecule has 0 radical (unpaired) electrons. The number of nitrogens with zero attached hydrogens (tertiary/aromatic N) is 1. The maximum absolute atomic E-state index is 12.5. The molecule has 122 valence electrons. The van der Waals surface area contributed by atoms with Crippen molar-refractivity contribution < 1.29 is 28.3 Å². The number of benzene rings is 1. The minimum Gasteiger partial charge on any atom is -0.468 e. The van der Waals surface area contributed by atoms with Crippen molar-refractivity contribution in [2.75, 3.05) is 27.3 Å². The second-order valence-corrected chi connectivity index (χ2v) is 4.91. The average molecular weight is 338 g/mol. The number of carbonyl (C=O) groups is 3. The Morgan fingerprint density at radius 1 is 1.17 bits per heavy atom. The molecule has 1 aromatic carbocycles. The van der Waals surface area contributed by atoms with E-state index in [1.807, 2.05) is 0 Å². The number of oxazole rings is 1. The first-order chi connectivity index (χ1) is 10.9. The number of ether oxygens (including phenoxy) is 2. The molecule has 8 nitrogen and oxygen atoms in total. The van der Waals surface area contributed by atoms with E-state index in [1.54, 1.807) is 6.07 Å². The number of hydrogen-bond donors (Lipinski definition) is 1. The molecule has 23 heavy (non-hydrogen) atoms. The molecule has 0 saturated heterocycles. The normalized spacial score (nSPS) is 10.3. The fourth-order valence-corrected chi connectivity index (χ4v) is 2.10. The number of methoxy groups -OCH3 is 2. The van der Waals surface area contributed by atoms with Gasteiger partial charge in [-0.2, -0.15) is 0 Å². The first-order valence-corrected chi connectivity index (χ1v) is 6.91. The summed E-state index contributed by atoms with van der Waals surface area (Å²) in [6, 6.07) is 4.63. The Labute approximate surface area is 136 Å². The number of aromatic nitrogens is 1. The molecule has 0 saturated carbocycles. The van der Waals surface area contributed by atoms with Crippen LogP contribution in [0.1, 0.15) is 10.4 Å². The van der Waals surface area contributed by atoms with Crippen molar-refractivity contribution in [3.8, 4) is 0 Å². The van der Waals surface area contributed by atoms with Crippen LogP contribution in [0.2, 0.25) is 0 Å². The monoisotopic (exact) mass is 338 g/mol. The van der Waals surface area contributed by atoms with Gasteiger partial charge in [0, 0.05) is 5.56 Å². The summed E-state index contributed by atoms with van der Waals surface area (Å²) < 4.78 is 14.3. The lowest BCUT2D eigenvalue weighted by molar-refractivity contribution is -0.144. The molecule has 1 aromatic heterocycles. The van der Waals surface area contributed by atoms with Gasteiger partial charge in [0.25, 0.3) is 10.7 Å². The molecule has 2 aromatic rings. The van der Waals surface area contributed by atoms with E-state index in [0.717, 1.165) is 4.90 Å². The van der Waals surface area contributed by atoms with Crippen molar-refractivity contribution in [2.24, 2.45) is 0 Å². The lowest BCUT2D eigenvalue weighted by Crippen LogP contribution is -2.40. The highest BCUT2D eigenvalue weighted by Gasteiger charge is 2.23. The van der Waals surface area contributed by atoms with Gasteiger partial charge in [-0.15, -0.1) is 0 Å². The Hall–Kier alpha value is -2.68. The summed E-state index contributed by atoms with van der Waals surface area (Å²) in [5.41, 5.74) is 1.28. The zero-order valence-electron chi connectivity index (χ0n) is 12.5. The minimum absolute atomic E-state index is 0.186. The zero-order chi connectivity index (χ0) is 17.0. The van der Waals surface area contributed by atoms with Crippen molar-refractivity contribution in [3.05, 3.63) is 28.6 Å². The summed E-state index contributed by atoms with van der Waals surface area (Å²) in [5.74, 6) is -1.84. The van der Waals surface area contributed by atoms with Gasteiger partial charge in [0.1, 0.15) is 13.1 Å². The van der Waals surface area contributed by atoms with Crippen LogP contribution in [-0.2, 0) is 19.1 Å². The van der Waals surface area contributed by atoms with E-state index in [2.05, 4.69) is 14.5 Å². The molecule has 1 N–H and O–H groups in total. The second kappa shape index (κ2) is 7.05.